The second-order valence-corrected chi connectivity index (χ2v) is 5.52. The molecule has 1 aromatic rings. The monoisotopic (exact) mass is 281 g/mol. The van der Waals surface area contributed by atoms with Crippen LogP contribution >= 0.6 is 11.8 Å². The van der Waals surface area contributed by atoms with Crippen LogP contribution in [-0.2, 0) is 4.79 Å². The summed E-state index contributed by atoms with van der Waals surface area (Å²) in [5.41, 5.74) is 0. The van der Waals surface area contributed by atoms with E-state index in [0.29, 0.717) is 31.9 Å². The summed E-state index contributed by atoms with van der Waals surface area (Å²) in [5.74, 6) is 1.36. The highest BCUT2D eigenvalue weighted by atomic mass is 32.2. The highest BCUT2D eigenvalue weighted by Gasteiger charge is 2.24. The number of carbonyl (C=O) groups is 1. The molecule has 0 saturated carbocycles. The predicted molar refractivity (Wildman–Crippen MR) is 75.5 cm³/mol. The van der Waals surface area contributed by atoms with Crippen molar-refractivity contribution in [3.8, 4) is 5.75 Å². The Hall–Kier alpha value is -1.20. The zero-order chi connectivity index (χ0) is 13.7. The third-order valence-electron chi connectivity index (χ3n) is 3.01. The third kappa shape index (κ3) is 4.14. The van der Waals surface area contributed by atoms with Crippen molar-refractivity contribution in [3.05, 3.63) is 24.3 Å². The van der Waals surface area contributed by atoms with Crippen molar-refractivity contribution in [3.63, 3.8) is 0 Å². The molecule has 1 aromatic carbocycles. The van der Waals surface area contributed by atoms with Crippen LogP contribution in [0.15, 0.2) is 29.2 Å². The fraction of sp³-hybridized carbons (Fsp3) is 0.500. The van der Waals surface area contributed by atoms with E-state index in [9.17, 15) is 9.90 Å². The smallest absolute Gasteiger partial charge is 0.233 e. The largest absolute Gasteiger partial charge is 0.494 e. The van der Waals surface area contributed by atoms with Crippen molar-refractivity contribution < 1.29 is 14.6 Å². The SMILES string of the molecule is CCOc1ccc(SCC(=O)N2CCC(O)C2)cc1. The maximum Gasteiger partial charge on any atom is 0.233 e. The summed E-state index contributed by atoms with van der Waals surface area (Å²) < 4.78 is 5.37. The van der Waals surface area contributed by atoms with Gasteiger partial charge in [0.2, 0.25) is 5.91 Å². The van der Waals surface area contributed by atoms with E-state index in [1.807, 2.05) is 31.2 Å². The number of hydrogen-bond acceptors (Lipinski definition) is 4. The van der Waals surface area contributed by atoms with E-state index in [1.54, 1.807) is 4.90 Å². The number of aliphatic hydroxyl groups is 1. The summed E-state index contributed by atoms with van der Waals surface area (Å²) in [6.45, 7) is 3.75. The van der Waals surface area contributed by atoms with Gasteiger partial charge in [-0.1, -0.05) is 0 Å². The average molecular weight is 281 g/mol. The van der Waals surface area contributed by atoms with Crippen molar-refractivity contribution in [2.24, 2.45) is 0 Å². The Morgan fingerprint density at radius 1 is 1.47 bits per heavy atom. The van der Waals surface area contributed by atoms with Crippen LogP contribution in [0.5, 0.6) is 5.75 Å². The Kier molecular flexibility index (Phi) is 5.10. The van der Waals surface area contributed by atoms with Crippen molar-refractivity contribution in [1.82, 2.24) is 4.90 Å². The molecule has 1 heterocycles. The Morgan fingerprint density at radius 3 is 2.79 bits per heavy atom. The molecule has 1 N–H and O–H groups in total. The zero-order valence-corrected chi connectivity index (χ0v) is 11.9. The first-order valence-electron chi connectivity index (χ1n) is 6.50. The molecule has 0 bridgehead atoms. The molecule has 104 valence electrons. The maximum absolute atomic E-state index is 11.9. The molecule has 5 heteroatoms. The lowest BCUT2D eigenvalue weighted by Gasteiger charge is -2.15. The minimum Gasteiger partial charge on any atom is -0.494 e. The van der Waals surface area contributed by atoms with Crippen LogP contribution in [0.4, 0.5) is 0 Å². The number of amides is 1. The number of benzene rings is 1. The van der Waals surface area contributed by atoms with Gasteiger partial charge in [0.25, 0.3) is 0 Å². The van der Waals surface area contributed by atoms with Crippen LogP contribution in [0.25, 0.3) is 0 Å². The summed E-state index contributed by atoms with van der Waals surface area (Å²) in [4.78, 5) is 14.7. The topological polar surface area (TPSA) is 49.8 Å². The Bertz CT molecular complexity index is 421. The fourth-order valence-corrected chi connectivity index (χ4v) is 2.80. The van der Waals surface area contributed by atoms with Gasteiger partial charge in [-0.2, -0.15) is 0 Å². The van der Waals surface area contributed by atoms with E-state index in [0.717, 1.165) is 10.6 Å². The number of ether oxygens (including phenoxy) is 1. The number of β-amino-alcohol motifs (C(OH)–C–C–N with tert-alkyl or cyclic N) is 1. The molecule has 0 radical (unpaired) electrons. The third-order valence-corrected chi connectivity index (χ3v) is 4.01. The van der Waals surface area contributed by atoms with Crippen LogP contribution in [-0.4, -0.2) is 47.5 Å². The first-order chi connectivity index (χ1) is 9.19. The van der Waals surface area contributed by atoms with Crippen molar-refractivity contribution in [2.75, 3.05) is 25.4 Å². The summed E-state index contributed by atoms with van der Waals surface area (Å²) in [7, 11) is 0. The molecule has 1 unspecified atom stereocenters. The Morgan fingerprint density at radius 2 is 2.21 bits per heavy atom. The van der Waals surface area contributed by atoms with E-state index in [1.165, 1.54) is 11.8 Å². The van der Waals surface area contributed by atoms with Gasteiger partial charge in [0.05, 0.1) is 18.5 Å². The lowest BCUT2D eigenvalue weighted by atomic mass is 10.3. The molecule has 19 heavy (non-hydrogen) atoms. The van der Waals surface area contributed by atoms with Crippen LogP contribution < -0.4 is 4.74 Å². The Balaban J connectivity index is 1.80. The van der Waals surface area contributed by atoms with Crippen LogP contribution in [0, 0.1) is 0 Å². The van der Waals surface area contributed by atoms with E-state index in [2.05, 4.69) is 0 Å². The second kappa shape index (κ2) is 6.82. The van der Waals surface area contributed by atoms with Crippen molar-refractivity contribution in [2.45, 2.75) is 24.3 Å². The fourth-order valence-electron chi connectivity index (χ4n) is 2.00. The first-order valence-corrected chi connectivity index (χ1v) is 7.49. The minimum absolute atomic E-state index is 0.0930. The number of aliphatic hydroxyl groups excluding tert-OH is 1. The summed E-state index contributed by atoms with van der Waals surface area (Å²) >= 11 is 1.51. The molecule has 2 rings (SSSR count). The van der Waals surface area contributed by atoms with Gasteiger partial charge in [-0.05, 0) is 37.6 Å². The van der Waals surface area contributed by atoms with Crippen LogP contribution in [0.2, 0.25) is 0 Å². The normalized spacial score (nSPS) is 18.6. The number of nitrogens with zero attached hydrogens (tertiary/aromatic N) is 1. The van der Waals surface area contributed by atoms with Crippen LogP contribution in [0.1, 0.15) is 13.3 Å². The molecule has 4 nitrogen and oxygen atoms in total. The number of carbonyl (C=O) groups excluding carboxylic acids is 1. The maximum atomic E-state index is 11.9. The second-order valence-electron chi connectivity index (χ2n) is 4.48. The van der Waals surface area contributed by atoms with E-state index in [-0.39, 0.29) is 12.0 Å². The number of likely N-dealkylation sites (tertiary alicyclic amines) is 1. The number of hydrogen-bond donors (Lipinski definition) is 1. The van der Waals surface area contributed by atoms with Gasteiger partial charge in [-0.3, -0.25) is 4.79 Å². The number of rotatable bonds is 5. The molecule has 0 spiro atoms. The summed E-state index contributed by atoms with van der Waals surface area (Å²) in [6.07, 6.45) is 0.346. The molecular weight excluding hydrogens is 262 g/mol. The lowest BCUT2D eigenvalue weighted by molar-refractivity contribution is -0.127. The average Bonchev–Trinajstić information content (AvgIpc) is 2.85. The molecule has 1 fully saturated rings. The van der Waals surface area contributed by atoms with Gasteiger partial charge in [0.1, 0.15) is 5.75 Å². The van der Waals surface area contributed by atoms with Crippen molar-refractivity contribution in [1.29, 1.82) is 0 Å². The molecule has 1 atom stereocenters. The minimum atomic E-state index is -0.348. The van der Waals surface area contributed by atoms with Crippen molar-refractivity contribution >= 4 is 17.7 Å². The quantitative estimate of drug-likeness (QED) is 0.836. The molecule has 1 aliphatic rings. The van der Waals surface area contributed by atoms with Gasteiger partial charge in [0.15, 0.2) is 0 Å². The van der Waals surface area contributed by atoms with Gasteiger partial charge < -0.3 is 14.7 Å². The highest BCUT2D eigenvalue weighted by Crippen LogP contribution is 2.22. The Labute approximate surface area is 117 Å². The van der Waals surface area contributed by atoms with Gasteiger partial charge in [0, 0.05) is 18.0 Å². The highest BCUT2D eigenvalue weighted by molar-refractivity contribution is 8.00. The zero-order valence-electron chi connectivity index (χ0n) is 11.0. The predicted octanol–water partition coefficient (Wildman–Crippen LogP) is 1.77. The molecule has 1 aliphatic heterocycles. The van der Waals surface area contributed by atoms with E-state index in [4.69, 9.17) is 4.74 Å². The molecule has 0 aromatic heterocycles. The molecule has 0 aliphatic carbocycles. The number of thioether (sulfide) groups is 1. The first kappa shape index (κ1) is 14.2. The van der Waals surface area contributed by atoms with Gasteiger partial charge >= 0.3 is 0 Å². The van der Waals surface area contributed by atoms with E-state index < -0.39 is 0 Å². The van der Waals surface area contributed by atoms with Gasteiger partial charge in [-0.15, -0.1) is 11.8 Å². The van der Waals surface area contributed by atoms with Gasteiger partial charge in [-0.25, -0.2) is 0 Å². The lowest BCUT2D eigenvalue weighted by Crippen LogP contribution is -2.30. The van der Waals surface area contributed by atoms with Crippen LogP contribution in [0.3, 0.4) is 0 Å². The summed E-state index contributed by atoms with van der Waals surface area (Å²) in [5, 5.41) is 9.40. The van der Waals surface area contributed by atoms with E-state index >= 15 is 0 Å². The standard InChI is InChI=1S/C14H19NO3S/c1-2-18-12-3-5-13(6-4-12)19-10-14(17)15-8-7-11(16)9-15/h3-6,11,16H,2,7-10H2,1H3. The molecular formula is C14H19NO3S. The molecule has 1 amide bonds. The molecule has 1 saturated heterocycles. The summed E-state index contributed by atoms with van der Waals surface area (Å²) in [6, 6.07) is 7.75.